The number of methoxy groups -OCH3 is 9. The molecule has 0 atom stereocenters. The van der Waals surface area contributed by atoms with E-state index in [4.69, 9.17) is 71.1 Å². The summed E-state index contributed by atoms with van der Waals surface area (Å²) in [5, 5.41) is 0. The predicted octanol–water partition coefficient (Wildman–Crippen LogP) is 19.2. The van der Waals surface area contributed by atoms with Gasteiger partial charge < -0.3 is 71.1 Å². The van der Waals surface area contributed by atoms with Crippen LogP contribution in [0.2, 0.25) is 0 Å². The maximum Gasteiger partial charge on any atom is 0.203 e. The number of hydrogen-bond donors (Lipinski definition) is 0. The lowest BCUT2D eigenvalue weighted by Gasteiger charge is -2.16. The van der Waals surface area contributed by atoms with Crippen molar-refractivity contribution in [1.82, 2.24) is 0 Å². The van der Waals surface area contributed by atoms with Gasteiger partial charge in [-0.3, -0.25) is 0 Å². The van der Waals surface area contributed by atoms with Crippen molar-refractivity contribution in [3.63, 3.8) is 0 Å². The zero-order valence-electron chi connectivity index (χ0n) is 58.1. The summed E-state index contributed by atoms with van der Waals surface area (Å²) in [5.74, 6) is 9.14. The molecule has 0 saturated carbocycles. The van der Waals surface area contributed by atoms with E-state index in [9.17, 15) is 0 Å². The Morgan fingerprint density at radius 1 is 0.266 bits per heavy atom. The molecule has 0 saturated heterocycles. The second-order valence-corrected chi connectivity index (χ2v) is 22.7. The molecule has 15 nitrogen and oxygen atoms in total. The molecule has 0 aliphatic heterocycles. The largest absolute Gasteiger partial charge is 0.493 e. The van der Waals surface area contributed by atoms with E-state index in [1.54, 1.807) is 64.0 Å². The van der Waals surface area contributed by atoms with E-state index in [0.717, 1.165) is 127 Å². The molecule has 6 rings (SSSR count). The Morgan fingerprint density at radius 2 is 0.553 bits per heavy atom. The molecule has 0 radical (unpaired) electrons. The van der Waals surface area contributed by atoms with Crippen molar-refractivity contribution in [3.05, 3.63) is 136 Å². The van der Waals surface area contributed by atoms with E-state index >= 15 is 0 Å². The first-order valence-electron chi connectivity index (χ1n) is 33.3. The van der Waals surface area contributed by atoms with Gasteiger partial charge in [0.15, 0.2) is 46.0 Å². The zero-order valence-corrected chi connectivity index (χ0v) is 58.1. The van der Waals surface area contributed by atoms with Gasteiger partial charge in [-0.2, -0.15) is 0 Å². The summed E-state index contributed by atoms with van der Waals surface area (Å²) >= 11 is 0. The maximum absolute atomic E-state index is 6.31. The third-order valence-electron chi connectivity index (χ3n) is 15.8. The van der Waals surface area contributed by atoms with Crippen molar-refractivity contribution < 1.29 is 71.1 Å². The van der Waals surface area contributed by atoms with Crippen LogP contribution in [0.1, 0.15) is 161 Å². The average molecular weight is 1290 g/mol. The fourth-order valence-corrected chi connectivity index (χ4v) is 10.8. The molecule has 0 unspecified atom stereocenters. The summed E-state index contributed by atoms with van der Waals surface area (Å²) in [6, 6.07) is 28.1. The number of rotatable bonds is 47. The lowest BCUT2D eigenvalue weighted by atomic mass is 10.1. The molecule has 0 amide bonds. The monoisotopic (exact) mass is 1290 g/mol. The van der Waals surface area contributed by atoms with Crippen molar-refractivity contribution in [3.8, 4) is 80.5 Å². The molecule has 94 heavy (non-hydrogen) atoms. The molecule has 6 aromatic rings. The second kappa shape index (κ2) is 42.6. The predicted molar refractivity (Wildman–Crippen MR) is 382 cm³/mol. The minimum atomic E-state index is 0.477. The van der Waals surface area contributed by atoms with Gasteiger partial charge >= 0.3 is 0 Å². The Hall–Kier alpha value is -8.56. The van der Waals surface area contributed by atoms with Gasteiger partial charge in [0.25, 0.3) is 0 Å². The van der Waals surface area contributed by atoms with E-state index in [1.165, 1.54) is 32.1 Å². The lowest BCUT2D eigenvalue weighted by Crippen LogP contribution is -2.05. The number of unbranched alkanes of at least 4 members (excludes halogenated alkanes) is 14. The quantitative estimate of drug-likeness (QED) is 0.0264. The minimum Gasteiger partial charge on any atom is -0.493 e. The molecular weight excluding hydrogens is 1190 g/mol. The normalized spacial score (nSPS) is 11.4. The van der Waals surface area contributed by atoms with Crippen LogP contribution in [0.4, 0.5) is 0 Å². The molecule has 0 aliphatic carbocycles. The number of ether oxygens (including phenoxy) is 15. The van der Waals surface area contributed by atoms with E-state index < -0.39 is 0 Å². The number of benzene rings is 6. The van der Waals surface area contributed by atoms with Crippen molar-refractivity contribution in [2.24, 2.45) is 0 Å². The standard InChI is InChI=1S/C79H104O15/c1-13-31-60-50-68(81-5)76(69(51-60)82-6)91-42-27-23-19-15-16-21-26-30-45-94-79-74(87-11)56-63(57-75(79)88-12)37-41-65-39-35-59(49-67(65)89-14-2)33-34-61-52-70(83-7)77(71(53-61)84-8)92-43-28-24-20-17-18-22-25-29-44-93-78-72(85-9)54-62(55-73(78)86-10)36-40-64-38-32-58(3)48-66(64)90-47-46-80-4/h13,31-41,48-57H,14-30,42-47H2,1-12H3/b31-13+,34-33+,40-36+,41-37+. The zero-order chi connectivity index (χ0) is 67.1. The van der Waals surface area contributed by atoms with Gasteiger partial charge in [0.05, 0.1) is 96.5 Å². The van der Waals surface area contributed by atoms with Gasteiger partial charge in [-0.15, -0.1) is 0 Å². The fourth-order valence-electron chi connectivity index (χ4n) is 10.8. The molecule has 0 N–H and O–H groups in total. The second-order valence-electron chi connectivity index (χ2n) is 22.7. The van der Waals surface area contributed by atoms with Crippen LogP contribution < -0.4 is 66.3 Å². The Bertz CT molecular complexity index is 3220. The molecule has 15 heteroatoms. The van der Waals surface area contributed by atoms with Gasteiger partial charge in [0.1, 0.15) is 18.1 Å². The van der Waals surface area contributed by atoms with Crippen molar-refractivity contribution in [2.75, 3.05) is 110 Å². The van der Waals surface area contributed by atoms with Crippen molar-refractivity contribution >= 4 is 42.5 Å². The Balaban J connectivity index is 0.888. The third kappa shape index (κ3) is 24.1. The van der Waals surface area contributed by atoms with E-state index in [0.29, 0.717) is 115 Å². The summed E-state index contributed by atoms with van der Waals surface area (Å²) in [6.45, 7) is 9.86. The van der Waals surface area contributed by atoms with Gasteiger partial charge in [0.2, 0.25) is 23.0 Å². The smallest absolute Gasteiger partial charge is 0.203 e. The van der Waals surface area contributed by atoms with Gasteiger partial charge in [-0.1, -0.05) is 150 Å². The number of allylic oxidation sites excluding steroid dienone is 1. The first kappa shape index (κ1) is 74.5. The summed E-state index contributed by atoms with van der Waals surface area (Å²) in [7, 11) is 14.9. The van der Waals surface area contributed by atoms with Crippen LogP contribution in [0, 0.1) is 6.92 Å². The van der Waals surface area contributed by atoms with E-state index in [-0.39, 0.29) is 0 Å². The Labute approximate surface area is 560 Å². The van der Waals surface area contributed by atoms with Crippen LogP contribution in [0.15, 0.2) is 91.0 Å². The fraction of sp³-hybridized carbons (Fsp3) is 0.443. The average Bonchev–Trinajstić information content (AvgIpc) is 0.884. The first-order chi connectivity index (χ1) is 46.1. The summed E-state index contributed by atoms with van der Waals surface area (Å²) in [6.07, 6.45) is 33.7. The Kier molecular flexibility index (Phi) is 33.8. The van der Waals surface area contributed by atoms with Gasteiger partial charge in [0, 0.05) is 18.2 Å². The Morgan fingerprint density at radius 3 is 0.872 bits per heavy atom. The summed E-state index contributed by atoms with van der Waals surface area (Å²) < 4.78 is 88.3. The lowest BCUT2D eigenvalue weighted by molar-refractivity contribution is 0.146. The van der Waals surface area contributed by atoms with Crippen LogP contribution in [0.5, 0.6) is 80.5 Å². The van der Waals surface area contributed by atoms with Crippen LogP contribution in [0.3, 0.4) is 0 Å². The van der Waals surface area contributed by atoms with Crippen LogP contribution in [-0.2, 0) is 4.74 Å². The summed E-state index contributed by atoms with van der Waals surface area (Å²) in [5.41, 5.74) is 7.76. The number of aryl methyl sites for hydroxylation is 1. The van der Waals surface area contributed by atoms with Gasteiger partial charge in [-0.05, 0) is 140 Å². The van der Waals surface area contributed by atoms with Crippen molar-refractivity contribution in [1.29, 1.82) is 0 Å². The van der Waals surface area contributed by atoms with E-state index in [2.05, 4.69) is 30.3 Å². The molecule has 510 valence electrons. The van der Waals surface area contributed by atoms with Crippen molar-refractivity contribution in [2.45, 2.75) is 124 Å². The van der Waals surface area contributed by atoms with Crippen LogP contribution in [0.25, 0.3) is 42.5 Å². The molecule has 0 bridgehead atoms. The van der Waals surface area contributed by atoms with Gasteiger partial charge in [-0.25, -0.2) is 0 Å². The topological polar surface area (TPSA) is 138 Å². The molecule has 0 aromatic heterocycles. The molecular formula is C79H104O15. The first-order valence-corrected chi connectivity index (χ1v) is 33.3. The van der Waals surface area contributed by atoms with Crippen LogP contribution in [-0.4, -0.2) is 110 Å². The third-order valence-corrected chi connectivity index (χ3v) is 15.8. The molecule has 0 heterocycles. The highest BCUT2D eigenvalue weighted by atomic mass is 16.6. The number of hydrogen-bond acceptors (Lipinski definition) is 15. The van der Waals surface area contributed by atoms with Crippen LogP contribution >= 0.6 is 0 Å². The maximum atomic E-state index is 6.31. The SMILES string of the molecule is C/C=C/c1cc(OC)c(OCCCCCCCCCCOc2c(OC)cc(/C=C/c3ccc(/C=C/c4cc(OC)c(OCCCCCCCCCCOc5c(OC)cc(/C=C/c6ccc(C)cc6OCCOC)cc5OC)c(OC)c4)cc3OCC)cc2OC)c(OC)c1. The summed E-state index contributed by atoms with van der Waals surface area (Å²) in [4.78, 5) is 0. The molecule has 6 aromatic carbocycles. The highest BCUT2D eigenvalue weighted by Gasteiger charge is 2.18. The highest BCUT2D eigenvalue weighted by Crippen LogP contribution is 2.43. The van der Waals surface area contributed by atoms with E-state index in [1.807, 2.05) is 124 Å². The molecule has 0 fully saturated rings. The highest BCUT2D eigenvalue weighted by molar-refractivity contribution is 5.79. The molecule has 0 aliphatic rings. The molecule has 0 spiro atoms. The minimum absolute atomic E-state index is 0.477.